The molecule has 2 fully saturated rings. The molecule has 2 unspecified atom stereocenters. The number of anilines is 2. The maximum Gasteiger partial charge on any atom is 0.265 e. The molecule has 0 spiro atoms. The van der Waals surface area contributed by atoms with Gasteiger partial charge in [-0.2, -0.15) is 4.31 Å². The number of ether oxygens (including phenoxy) is 1. The number of sulfonamides is 1. The SMILES string of the molecule is CC1CC(C)CN(S(=O)(=O)c2ccc3c(c2)N(CC(=O)N2CCN(c4cccc(Cl)c4)CC2)C(=O)CO3)C1. The van der Waals surface area contributed by atoms with Gasteiger partial charge in [0.05, 0.1) is 10.6 Å². The number of fused-ring (bicyclic) bond motifs is 1. The molecule has 0 bridgehead atoms. The molecule has 0 saturated carbocycles. The van der Waals surface area contributed by atoms with E-state index in [1.54, 1.807) is 11.0 Å². The van der Waals surface area contributed by atoms with E-state index in [1.807, 2.05) is 24.3 Å². The first-order valence-electron chi connectivity index (χ1n) is 13.0. The number of piperazine rings is 1. The fraction of sp³-hybridized carbons (Fsp3) is 0.481. The highest BCUT2D eigenvalue weighted by atomic mass is 35.5. The van der Waals surface area contributed by atoms with Gasteiger partial charge in [0.2, 0.25) is 15.9 Å². The molecule has 11 heteroatoms. The number of carbonyl (C=O) groups is 2. The quantitative estimate of drug-likeness (QED) is 0.558. The maximum atomic E-state index is 13.5. The van der Waals surface area contributed by atoms with Crippen LogP contribution in [0, 0.1) is 11.8 Å². The van der Waals surface area contributed by atoms with Crippen LogP contribution in [0.3, 0.4) is 0 Å². The second-order valence-corrected chi connectivity index (χ2v) is 12.9. The molecule has 0 N–H and O–H groups in total. The Hall–Kier alpha value is -2.82. The van der Waals surface area contributed by atoms with Gasteiger partial charge in [0, 0.05) is 50.0 Å². The Bertz CT molecular complexity index is 1320. The van der Waals surface area contributed by atoms with Crippen molar-refractivity contribution in [1.29, 1.82) is 0 Å². The lowest BCUT2D eigenvalue weighted by molar-refractivity contribution is -0.132. The minimum Gasteiger partial charge on any atom is -0.482 e. The summed E-state index contributed by atoms with van der Waals surface area (Å²) in [5.74, 6) is 0.360. The minimum atomic E-state index is -3.76. The molecular weight excluding hydrogens is 528 g/mol. The fourth-order valence-electron chi connectivity index (χ4n) is 5.59. The third-order valence-electron chi connectivity index (χ3n) is 7.45. The average molecular weight is 561 g/mol. The first-order valence-corrected chi connectivity index (χ1v) is 14.8. The van der Waals surface area contributed by atoms with E-state index in [0.29, 0.717) is 55.7 Å². The van der Waals surface area contributed by atoms with Crippen LogP contribution in [0.2, 0.25) is 5.02 Å². The number of piperidine rings is 1. The molecule has 0 radical (unpaired) electrons. The van der Waals surface area contributed by atoms with Crippen LogP contribution in [0.15, 0.2) is 47.4 Å². The zero-order chi connectivity index (χ0) is 27.0. The molecule has 204 valence electrons. The number of rotatable bonds is 5. The van der Waals surface area contributed by atoms with Crippen molar-refractivity contribution in [3.05, 3.63) is 47.5 Å². The molecule has 3 heterocycles. The van der Waals surface area contributed by atoms with Gasteiger partial charge in [0.1, 0.15) is 12.3 Å². The number of hydrogen-bond acceptors (Lipinski definition) is 6. The highest BCUT2D eigenvalue weighted by Crippen LogP contribution is 2.36. The molecule has 0 aliphatic carbocycles. The van der Waals surface area contributed by atoms with E-state index in [9.17, 15) is 18.0 Å². The average Bonchev–Trinajstić information content (AvgIpc) is 2.89. The van der Waals surface area contributed by atoms with Crippen LogP contribution in [-0.4, -0.2) is 81.9 Å². The highest BCUT2D eigenvalue weighted by Gasteiger charge is 2.35. The predicted octanol–water partition coefficient (Wildman–Crippen LogP) is 3.08. The Kier molecular flexibility index (Phi) is 7.57. The van der Waals surface area contributed by atoms with E-state index in [1.165, 1.54) is 21.3 Å². The van der Waals surface area contributed by atoms with Crippen LogP contribution in [-0.2, 0) is 19.6 Å². The van der Waals surface area contributed by atoms with E-state index in [2.05, 4.69) is 18.7 Å². The van der Waals surface area contributed by atoms with Gasteiger partial charge < -0.3 is 14.5 Å². The first-order chi connectivity index (χ1) is 18.1. The van der Waals surface area contributed by atoms with E-state index >= 15 is 0 Å². The Balaban J connectivity index is 1.31. The lowest BCUT2D eigenvalue weighted by Gasteiger charge is -2.38. The lowest BCUT2D eigenvalue weighted by atomic mass is 9.94. The molecule has 0 aromatic heterocycles. The monoisotopic (exact) mass is 560 g/mol. The molecule has 2 aromatic rings. The Morgan fingerprint density at radius 3 is 2.42 bits per heavy atom. The fourth-order valence-corrected chi connectivity index (χ4v) is 7.47. The summed E-state index contributed by atoms with van der Waals surface area (Å²) in [6.07, 6.45) is 0.988. The van der Waals surface area contributed by atoms with Crippen LogP contribution in [0.5, 0.6) is 5.75 Å². The molecular formula is C27H33ClN4O5S. The molecule has 2 aromatic carbocycles. The Labute approximate surface area is 228 Å². The third-order valence-corrected chi connectivity index (χ3v) is 9.51. The van der Waals surface area contributed by atoms with E-state index < -0.39 is 10.0 Å². The van der Waals surface area contributed by atoms with Crippen molar-refractivity contribution < 1.29 is 22.7 Å². The second-order valence-electron chi connectivity index (χ2n) is 10.5. The van der Waals surface area contributed by atoms with Gasteiger partial charge in [-0.15, -0.1) is 0 Å². The van der Waals surface area contributed by atoms with Crippen molar-refractivity contribution in [2.24, 2.45) is 11.8 Å². The maximum absolute atomic E-state index is 13.5. The number of nitrogens with zero attached hydrogens (tertiary/aromatic N) is 4. The zero-order valence-electron chi connectivity index (χ0n) is 21.7. The van der Waals surface area contributed by atoms with E-state index in [4.69, 9.17) is 16.3 Å². The smallest absolute Gasteiger partial charge is 0.265 e. The van der Waals surface area contributed by atoms with Gasteiger partial charge in [-0.25, -0.2) is 8.42 Å². The Morgan fingerprint density at radius 2 is 1.74 bits per heavy atom. The topological polar surface area (TPSA) is 90.5 Å². The molecule has 3 aliphatic rings. The van der Waals surface area contributed by atoms with Gasteiger partial charge in [-0.1, -0.05) is 31.5 Å². The van der Waals surface area contributed by atoms with Gasteiger partial charge in [-0.05, 0) is 54.7 Å². The first kappa shape index (κ1) is 26.8. The molecule has 5 rings (SSSR count). The van der Waals surface area contributed by atoms with Crippen molar-refractivity contribution in [3.8, 4) is 5.75 Å². The Morgan fingerprint density at radius 1 is 1.03 bits per heavy atom. The standard InChI is InChI=1S/C27H33ClN4O5S/c1-19-12-20(2)16-31(15-19)38(35,36)23-6-7-25-24(14-23)32(27(34)18-37-25)17-26(33)30-10-8-29(9-11-30)22-5-3-4-21(28)13-22/h3-7,13-14,19-20H,8-12,15-18H2,1-2H3. The van der Waals surface area contributed by atoms with Crippen molar-refractivity contribution in [2.45, 2.75) is 25.2 Å². The third kappa shape index (κ3) is 5.48. The van der Waals surface area contributed by atoms with E-state index in [0.717, 1.165) is 12.1 Å². The van der Waals surface area contributed by atoms with Gasteiger partial charge in [-0.3, -0.25) is 14.5 Å². The summed E-state index contributed by atoms with van der Waals surface area (Å²) in [6, 6.07) is 12.2. The molecule has 2 amide bonds. The molecule has 2 atom stereocenters. The van der Waals surface area contributed by atoms with Gasteiger partial charge in [0.15, 0.2) is 6.61 Å². The normalized spacial score (nSPS) is 22.7. The summed E-state index contributed by atoms with van der Waals surface area (Å²) in [4.78, 5) is 31.4. The zero-order valence-corrected chi connectivity index (χ0v) is 23.2. The summed E-state index contributed by atoms with van der Waals surface area (Å²) in [5, 5.41) is 0.663. The van der Waals surface area contributed by atoms with Gasteiger partial charge in [0.25, 0.3) is 5.91 Å². The van der Waals surface area contributed by atoms with Gasteiger partial charge >= 0.3 is 0 Å². The molecule has 9 nitrogen and oxygen atoms in total. The highest BCUT2D eigenvalue weighted by molar-refractivity contribution is 7.89. The summed E-state index contributed by atoms with van der Waals surface area (Å²) in [6.45, 7) is 6.98. The number of amides is 2. The van der Waals surface area contributed by atoms with E-state index in [-0.39, 0.29) is 41.7 Å². The number of hydrogen-bond donors (Lipinski definition) is 0. The predicted molar refractivity (Wildman–Crippen MR) is 146 cm³/mol. The second kappa shape index (κ2) is 10.7. The number of halogens is 1. The molecule has 2 saturated heterocycles. The van der Waals surface area contributed by atoms with Crippen LogP contribution in [0.4, 0.5) is 11.4 Å². The lowest BCUT2D eigenvalue weighted by Crippen LogP contribution is -2.53. The van der Waals surface area contributed by atoms with Crippen molar-refractivity contribution in [1.82, 2.24) is 9.21 Å². The van der Waals surface area contributed by atoms with Crippen LogP contribution >= 0.6 is 11.6 Å². The summed E-state index contributed by atoms with van der Waals surface area (Å²) in [5.41, 5.74) is 1.32. The van der Waals surface area contributed by atoms with Crippen LogP contribution in [0.1, 0.15) is 20.3 Å². The summed E-state index contributed by atoms with van der Waals surface area (Å²) < 4.78 is 34.1. The van der Waals surface area contributed by atoms with Crippen molar-refractivity contribution >= 4 is 44.8 Å². The molecule has 38 heavy (non-hydrogen) atoms. The number of carbonyl (C=O) groups excluding carboxylic acids is 2. The van der Waals surface area contributed by atoms with Crippen LogP contribution < -0.4 is 14.5 Å². The van der Waals surface area contributed by atoms with Crippen molar-refractivity contribution in [3.63, 3.8) is 0 Å². The van der Waals surface area contributed by atoms with Crippen LogP contribution in [0.25, 0.3) is 0 Å². The minimum absolute atomic E-state index is 0.100. The summed E-state index contributed by atoms with van der Waals surface area (Å²) in [7, 11) is -3.76. The largest absolute Gasteiger partial charge is 0.482 e. The number of benzene rings is 2. The van der Waals surface area contributed by atoms with Crippen molar-refractivity contribution in [2.75, 3.05) is 62.2 Å². The summed E-state index contributed by atoms with van der Waals surface area (Å²) >= 11 is 6.12. The molecule has 3 aliphatic heterocycles.